The average Bonchev–Trinajstić information content (AvgIpc) is 3.00. The fourth-order valence-electron chi connectivity index (χ4n) is 4.20. The third-order valence-corrected chi connectivity index (χ3v) is 6.93. The molecule has 192 valence electrons. The Hall–Kier alpha value is -3.55. The van der Waals surface area contributed by atoms with E-state index in [0.29, 0.717) is 21.8 Å². The van der Waals surface area contributed by atoms with E-state index in [1.54, 1.807) is 0 Å². The molecule has 3 N–H and O–H groups in total. The minimum Gasteiger partial charge on any atom is -0.368 e. The standard InChI is InChI=1S/C25H17F5IN3O3/c1-25(23(32)36)21-19(31)4-12(22(35)33-9-16-17(29)7-15(28)8-18(16)30)5-20(21)34(24(25)37)10-11-2-13(26)6-14(27)3-11/h2-8H,9-10H2,1H3,(H2,32,36)(H,33,35). The third kappa shape index (κ3) is 4.77. The van der Waals surface area contributed by atoms with Crippen molar-refractivity contribution in [3.8, 4) is 0 Å². The van der Waals surface area contributed by atoms with Gasteiger partial charge in [0, 0.05) is 45.0 Å². The highest BCUT2D eigenvalue weighted by atomic mass is 127. The van der Waals surface area contributed by atoms with Crippen LogP contribution < -0.4 is 16.0 Å². The summed E-state index contributed by atoms with van der Waals surface area (Å²) in [6, 6.07) is 6.28. The summed E-state index contributed by atoms with van der Waals surface area (Å²) in [6.07, 6.45) is 0. The van der Waals surface area contributed by atoms with Crippen molar-refractivity contribution in [2.45, 2.75) is 25.4 Å². The van der Waals surface area contributed by atoms with Crippen LogP contribution in [0.15, 0.2) is 42.5 Å². The summed E-state index contributed by atoms with van der Waals surface area (Å²) in [5, 5.41) is 2.33. The number of rotatable bonds is 6. The monoisotopic (exact) mass is 629 g/mol. The second kappa shape index (κ2) is 9.72. The molecule has 0 saturated carbocycles. The molecule has 1 atom stereocenters. The zero-order valence-electron chi connectivity index (χ0n) is 19.0. The Morgan fingerprint density at radius 1 is 0.946 bits per heavy atom. The Kier molecular flexibility index (Phi) is 6.97. The van der Waals surface area contributed by atoms with E-state index in [9.17, 15) is 36.3 Å². The number of hydrogen-bond acceptors (Lipinski definition) is 3. The smallest absolute Gasteiger partial charge is 0.251 e. The lowest BCUT2D eigenvalue weighted by Gasteiger charge is -2.21. The largest absolute Gasteiger partial charge is 0.368 e. The van der Waals surface area contributed by atoms with Gasteiger partial charge in [0.25, 0.3) is 5.91 Å². The van der Waals surface area contributed by atoms with Gasteiger partial charge in [-0.3, -0.25) is 14.4 Å². The molecular weight excluding hydrogens is 612 g/mol. The quantitative estimate of drug-likeness (QED) is 0.243. The van der Waals surface area contributed by atoms with Gasteiger partial charge in [-0.25, -0.2) is 22.0 Å². The molecule has 0 fully saturated rings. The maximum absolute atomic E-state index is 14.0. The highest BCUT2D eigenvalue weighted by Gasteiger charge is 2.53. The molecule has 0 aliphatic carbocycles. The van der Waals surface area contributed by atoms with Gasteiger partial charge in [0.2, 0.25) is 11.8 Å². The number of carbonyl (C=O) groups is 3. The van der Waals surface area contributed by atoms with E-state index in [2.05, 4.69) is 5.32 Å². The molecule has 37 heavy (non-hydrogen) atoms. The van der Waals surface area contributed by atoms with Gasteiger partial charge >= 0.3 is 0 Å². The van der Waals surface area contributed by atoms with E-state index < -0.39 is 64.3 Å². The van der Waals surface area contributed by atoms with Crippen molar-refractivity contribution in [1.29, 1.82) is 0 Å². The molecule has 12 heteroatoms. The molecule has 0 aromatic heterocycles. The van der Waals surface area contributed by atoms with Crippen LogP contribution in [0.5, 0.6) is 0 Å². The summed E-state index contributed by atoms with van der Waals surface area (Å²) in [4.78, 5) is 39.7. The van der Waals surface area contributed by atoms with Crippen LogP contribution in [0, 0.1) is 32.7 Å². The fraction of sp³-hybridized carbons (Fsp3) is 0.160. The van der Waals surface area contributed by atoms with Crippen LogP contribution in [-0.2, 0) is 28.1 Å². The first-order valence-electron chi connectivity index (χ1n) is 10.7. The van der Waals surface area contributed by atoms with Crippen molar-refractivity contribution in [2.24, 2.45) is 5.73 Å². The van der Waals surface area contributed by atoms with Crippen molar-refractivity contribution in [3.05, 3.63) is 97.4 Å². The normalized spacial score (nSPS) is 16.6. The lowest BCUT2D eigenvalue weighted by Crippen LogP contribution is -2.47. The molecule has 3 amide bonds. The van der Waals surface area contributed by atoms with Crippen LogP contribution in [0.3, 0.4) is 0 Å². The number of benzene rings is 3. The van der Waals surface area contributed by atoms with E-state index in [1.165, 1.54) is 19.1 Å². The average molecular weight is 629 g/mol. The van der Waals surface area contributed by atoms with Crippen molar-refractivity contribution >= 4 is 46.0 Å². The summed E-state index contributed by atoms with van der Waals surface area (Å²) in [7, 11) is 0. The van der Waals surface area contributed by atoms with Crippen LogP contribution in [0.25, 0.3) is 0 Å². The first-order valence-corrected chi connectivity index (χ1v) is 11.7. The van der Waals surface area contributed by atoms with E-state index >= 15 is 0 Å². The summed E-state index contributed by atoms with van der Waals surface area (Å²) >= 11 is 1.81. The van der Waals surface area contributed by atoms with Crippen molar-refractivity contribution in [3.63, 3.8) is 0 Å². The fourth-order valence-corrected chi connectivity index (χ4v) is 5.35. The predicted molar refractivity (Wildman–Crippen MR) is 131 cm³/mol. The molecule has 1 aliphatic rings. The number of amides is 3. The Morgan fingerprint density at radius 3 is 2.08 bits per heavy atom. The van der Waals surface area contributed by atoms with Gasteiger partial charge < -0.3 is 16.0 Å². The van der Waals surface area contributed by atoms with Gasteiger partial charge in [0.1, 0.15) is 29.1 Å². The van der Waals surface area contributed by atoms with Gasteiger partial charge in [-0.15, -0.1) is 0 Å². The van der Waals surface area contributed by atoms with Crippen molar-refractivity contribution < 1.29 is 36.3 Å². The first-order chi connectivity index (χ1) is 17.3. The minimum absolute atomic E-state index is 0.0389. The lowest BCUT2D eigenvalue weighted by molar-refractivity contribution is -0.132. The summed E-state index contributed by atoms with van der Waals surface area (Å²) in [5.74, 6) is -7.74. The molecule has 0 spiro atoms. The lowest BCUT2D eigenvalue weighted by atomic mass is 9.82. The maximum Gasteiger partial charge on any atom is 0.251 e. The third-order valence-electron chi connectivity index (χ3n) is 6.08. The molecule has 1 heterocycles. The Bertz CT molecular complexity index is 1440. The molecule has 1 unspecified atom stereocenters. The second-order valence-electron chi connectivity index (χ2n) is 8.54. The minimum atomic E-state index is -1.83. The first kappa shape index (κ1) is 26.5. The SMILES string of the molecule is CC1(C(N)=O)C(=O)N(Cc2cc(F)cc(F)c2)c2cc(C(=O)NCc3c(F)cc(F)cc3F)cc(I)c21. The molecular formula is C25H17F5IN3O3. The molecule has 3 aromatic carbocycles. The van der Waals surface area contributed by atoms with Gasteiger partial charge in [-0.1, -0.05) is 0 Å². The summed E-state index contributed by atoms with van der Waals surface area (Å²) < 4.78 is 68.9. The van der Waals surface area contributed by atoms with Crippen LogP contribution in [0.1, 0.15) is 34.0 Å². The highest BCUT2D eigenvalue weighted by Crippen LogP contribution is 2.45. The number of hydrogen-bond donors (Lipinski definition) is 2. The number of anilines is 1. The number of halogens is 6. The molecule has 0 radical (unpaired) electrons. The number of nitrogens with zero attached hydrogens (tertiary/aromatic N) is 1. The number of nitrogens with two attached hydrogens (primary N) is 1. The highest BCUT2D eigenvalue weighted by molar-refractivity contribution is 14.1. The van der Waals surface area contributed by atoms with Gasteiger partial charge in [0.15, 0.2) is 5.41 Å². The van der Waals surface area contributed by atoms with E-state index in [-0.39, 0.29) is 28.9 Å². The van der Waals surface area contributed by atoms with Crippen LogP contribution >= 0.6 is 22.6 Å². The molecule has 1 aliphatic heterocycles. The summed E-state index contributed by atoms with van der Waals surface area (Å²) in [6.45, 7) is 0.371. The molecule has 4 rings (SSSR count). The zero-order valence-corrected chi connectivity index (χ0v) is 21.1. The van der Waals surface area contributed by atoms with Crippen LogP contribution in [0.4, 0.5) is 27.6 Å². The van der Waals surface area contributed by atoms with Crippen LogP contribution in [-0.4, -0.2) is 17.7 Å². The number of primary amides is 1. The zero-order chi connectivity index (χ0) is 27.2. The van der Waals surface area contributed by atoms with E-state index in [0.717, 1.165) is 17.0 Å². The molecule has 0 saturated heterocycles. The Balaban J connectivity index is 1.72. The predicted octanol–water partition coefficient (Wildman–Crippen LogP) is 4.21. The molecule has 3 aromatic rings. The topological polar surface area (TPSA) is 92.5 Å². The maximum atomic E-state index is 14.0. The van der Waals surface area contributed by atoms with Crippen LogP contribution in [0.2, 0.25) is 0 Å². The molecule has 0 bridgehead atoms. The van der Waals surface area contributed by atoms with Gasteiger partial charge in [-0.2, -0.15) is 0 Å². The number of carbonyl (C=O) groups excluding carboxylic acids is 3. The number of fused-ring (bicyclic) bond motifs is 1. The summed E-state index contributed by atoms with van der Waals surface area (Å²) in [5.41, 5.74) is 3.54. The van der Waals surface area contributed by atoms with Crippen molar-refractivity contribution in [2.75, 3.05) is 4.90 Å². The van der Waals surface area contributed by atoms with E-state index in [1.807, 2.05) is 22.6 Å². The number of nitrogens with one attached hydrogen (secondary N) is 1. The van der Waals surface area contributed by atoms with E-state index in [4.69, 9.17) is 5.73 Å². The Labute approximate surface area is 220 Å². The molecule has 6 nitrogen and oxygen atoms in total. The van der Waals surface area contributed by atoms with Gasteiger partial charge in [0.05, 0.1) is 12.2 Å². The second-order valence-corrected chi connectivity index (χ2v) is 9.70. The van der Waals surface area contributed by atoms with Gasteiger partial charge in [-0.05, 0) is 59.3 Å². The van der Waals surface area contributed by atoms with Crippen molar-refractivity contribution in [1.82, 2.24) is 5.32 Å². The Morgan fingerprint density at radius 2 is 1.51 bits per heavy atom.